The Hall–Kier alpha value is -1.63. The number of nitrogens with zero attached hydrogens (tertiary/aromatic N) is 3. The van der Waals surface area contributed by atoms with Crippen LogP contribution in [0.3, 0.4) is 0 Å². The number of piperidine rings is 1. The predicted octanol–water partition coefficient (Wildman–Crippen LogP) is 3.15. The molecule has 0 aliphatic carbocycles. The molecule has 1 aliphatic heterocycles. The first-order valence-corrected chi connectivity index (χ1v) is 8.14. The maximum atomic E-state index is 12.5. The monoisotopic (exact) mass is 369 g/mol. The third-order valence-electron chi connectivity index (χ3n) is 4.17. The number of carbonyl (C=O) groups excluding carboxylic acids is 1. The Morgan fingerprint density at radius 1 is 1.33 bits per heavy atom. The van der Waals surface area contributed by atoms with Crippen molar-refractivity contribution >= 4 is 35.6 Å². The van der Waals surface area contributed by atoms with Crippen LogP contribution in [0, 0.1) is 13.8 Å². The summed E-state index contributed by atoms with van der Waals surface area (Å²) in [4.78, 5) is 12.5. The molecule has 2 N–H and O–H groups in total. The van der Waals surface area contributed by atoms with E-state index in [4.69, 9.17) is 11.6 Å². The number of halogens is 2. The summed E-state index contributed by atoms with van der Waals surface area (Å²) in [5, 5.41) is 14.9. The van der Waals surface area contributed by atoms with Crippen LogP contribution in [0.25, 0.3) is 0 Å². The Morgan fingerprint density at radius 2 is 2.04 bits per heavy atom. The first-order valence-electron chi connectivity index (χ1n) is 7.76. The van der Waals surface area contributed by atoms with Crippen LogP contribution in [0.2, 0.25) is 5.02 Å². The molecule has 1 aromatic heterocycles. The first-order chi connectivity index (χ1) is 11.1. The molecule has 1 saturated heterocycles. The summed E-state index contributed by atoms with van der Waals surface area (Å²) in [6.07, 6.45) is 1.99. The van der Waals surface area contributed by atoms with Gasteiger partial charge in [0.25, 0.3) is 5.91 Å². The number of anilines is 1. The minimum Gasteiger partial charge on any atom is -0.319 e. The van der Waals surface area contributed by atoms with Crippen LogP contribution >= 0.6 is 24.0 Å². The van der Waals surface area contributed by atoms with Crippen molar-refractivity contribution in [3.8, 4) is 0 Å². The number of amides is 1. The summed E-state index contributed by atoms with van der Waals surface area (Å²) < 4.78 is 1.87. The molecule has 0 radical (unpaired) electrons. The van der Waals surface area contributed by atoms with E-state index < -0.39 is 0 Å². The largest absolute Gasteiger partial charge is 0.319 e. The Bertz CT molecular complexity index is 725. The second kappa shape index (κ2) is 7.96. The minimum atomic E-state index is -0.284. The van der Waals surface area contributed by atoms with Crippen molar-refractivity contribution in [2.24, 2.45) is 0 Å². The van der Waals surface area contributed by atoms with Crippen molar-refractivity contribution in [3.63, 3.8) is 0 Å². The zero-order valence-corrected chi connectivity index (χ0v) is 15.2. The number of carbonyl (C=O) groups is 1. The molecule has 1 aromatic carbocycles. The number of hydrogen-bond donors (Lipinski definition) is 2. The summed E-state index contributed by atoms with van der Waals surface area (Å²) in [7, 11) is 0. The van der Waals surface area contributed by atoms with Gasteiger partial charge in [0.2, 0.25) is 0 Å². The van der Waals surface area contributed by atoms with E-state index in [0.29, 0.717) is 22.4 Å². The standard InChI is InChI=1S/C16H20ClN5O.ClH/c1-10-3-4-14(13(17)9-10)19-16(23)15-11(2)22(21-20-15)12-5-7-18-8-6-12;/h3-4,9,12,18H,5-8H2,1-2H3,(H,19,23);1H. The molecule has 1 fully saturated rings. The molecule has 8 heteroatoms. The van der Waals surface area contributed by atoms with Crippen molar-refractivity contribution in [3.05, 3.63) is 40.2 Å². The van der Waals surface area contributed by atoms with Gasteiger partial charge >= 0.3 is 0 Å². The average molecular weight is 370 g/mol. The van der Waals surface area contributed by atoms with E-state index in [1.807, 2.05) is 30.7 Å². The first kappa shape index (κ1) is 18.7. The number of hydrogen-bond acceptors (Lipinski definition) is 4. The molecule has 130 valence electrons. The molecule has 1 aliphatic rings. The zero-order chi connectivity index (χ0) is 16.4. The molecule has 3 rings (SSSR count). The van der Waals surface area contributed by atoms with E-state index in [1.54, 1.807) is 6.07 Å². The molecule has 0 spiro atoms. The summed E-state index contributed by atoms with van der Waals surface area (Å²) in [6.45, 7) is 5.76. The minimum absolute atomic E-state index is 0. The summed E-state index contributed by atoms with van der Waals surface area (Å²) in [5.74, 6) is -0.284. The van der Waals surface area contributed by atoms with Crippen molar-refractivity contribution < 1.29 is 4.79 Å². The van der Waals surface area contributed by atoms with Crippen molar-refractivity contribution in [1.82, 2.24) is 20.3 Å². The number of aryl methyl sites for hydroxylation is 1. The van der Waals surface area contributed by atoms with Gasteiger partial charge in [0.1, 0.15) is 0 Å². The van der Waals surface area contributed by atoms with Gasteiger partial charge in [-0.05, 0) is 57.5 Å². The van der Waals surface area contributed by atoms with Gasteiger partial charge < -0.3 is 10.6 Å². The van der Waals surface area contributed by atoms with Crippen molar-refractivity contribution in [2.45, 2.75) is 32.7 Å². The molecule has 0 unspecified atom stereocenters. The van der Waals surface area contributed by atoms with Gasteiger partial charge in [-0.25, -0.2) is 4.68 Å². The average Bonchev–Trinajstić information content (AvgIpc) is 2.92. The lowest BCUT2D eigenvalue weighted by molar-refractivity contribution is 0.102. The van der Waals surface area contributed by atoms with E-state index in [-0.39, 0.29) is 18.3 Å². The third kappa shape index (κ3) is 3.88. The number of nitrogens with one attached hydrogen (secondary N) is 2. The lowest BCUT2D eigenvalue weighted by atomic mass is 10.1. The van der Waals surface area contributed by atoms with Crippen molar-refractivity contribution in [2.75, 3.05) is 18.4 Å². The van der Waals surface area contributed by atoms with Crippen molar-refractivity contribution in [1.29, 1.82) is 0 Å². The van der Waals surface area contributed by atoms with Crippen LogP contribution in [-0.4, -0.2) is 34.0 Å². The van der Waals surface area contributed by atoms with Crippen LogP contribution in [0.5, 0.6) is 0 Å². The van der Waals surface area contributed by atoms with Gasteiger partial charge in [-0.3, -0.25) is 4.79 Å². The lowest BCUT2D eigenvalue weighted by Crippen LogP contribution is -2.30. The Morgan fingerprint density at radius 3 is 2.71 bits per heavy atom. The normalized spacial score (nSPS) is 15.0. The number of benzene rings is 1. The fourth-order valence-electron chi connectivity index (χ4n) is 2.85. The van der Waals surface area contributed by atoms with E-state index in [2.05, 4.69) is 20.9 Å². The Kier molecular flexibility index (Phi) is 6.21. The SMILES string of the molecule is Cc1ccc(NC(=O)c2nnn(C3CCNCC3)c2C)c(Cl)c1.Cl. The predicted molar refractivity (Wildman–Crippen MR) is 97.3 cm³/mol. The molecular weight excluding hydrogens is 349 g/mol. The lowest BCUT2D eigenvalue weighted by Gasteiger charge is -2.23. The molecule has 0 saturated carbocycles. The summed E-state index contributed by atoms with van der Waals surface area (Å²) in [6, 6.07) is 5.81. The highest BCUT2D eigenvalue weighted by molar-refractivity contribution is 6.34. The van der Waals surface area contributed by atoms with Gasteiger partial charge in [0, 0.05) is 0 Å². The van der Waals surface area contributed by atoms with Crippen LogP contribution in [0.4, 0.5) is 5.69 Å². The van der Waals surface area contributed by atoms with E-state index >= 15 is 0 Å². The van der Waals surface area contributed by atoms with E-state index in [9.17, 15) is 4.79 Å². The second-order valence-corrected chi connectivity index (χ2v) is 6.29. The van der Waals surface area contributed by atoms with Gasteiger partial charge in [-0.15, -0.1) is 17.5 Å². The van der Waals surface area contributed by atoms with E-state index in [0.717, 1.165) is 37.2 Å². The molecule has 6 nitrogen and oxygen atoms in total. The van der Waals surface area contributed by atoms with Gasteiger partial charge in [0.15, 0.2) is 5.69 Å². The molecule has 0 atom stereocenters. The maximum absolute atomic E-state index is 12.5. The van der Waals surface area contributed by atoms with Gasteiger partial charge in [-0.1, -0.05) is 22.9 Å². The van der Waals surface area contributed by atoms with Crippen LogP contribution in [-0.2, 0) is 0 Å². The number of rotatable bonds is 3. The van der Waals surface area contributed by atoms with Crippen LogP contribution < -0.4 is 10.6 Å². The maximum Gasteiger partial charge on any atom is 0.278 e. The summed E-state index contributed by atoms with van der Waals surface area (Å²) >= 11 is 6.16. The zero-order valence-electron chi connectivity index (χ0n) is 13.7. The molecule has 1 amide bonds. The highest BCUT2D eigenvalue weighted by atomic mass is 35.5. The molecule has 0 bridgehead atoms. The fraction of sp³-hybridized carbons (Fsp3) is 0.438. The Labute approximate surface area is 152 Å². The number of aromatic nitrogens is 3. The molecule has 2 aromatic rings. The highest BCUT2D eigenvalue weighted by Crippen LogP contribution is 2.24. The topological polar surface area (TPSA) is 71.8 Å². The van der Waals surface area contributed by atoms with Gasteiger partial charge in [-0.2, -0.15) is 0 Å². The molecule has 2 heterocycles. The Balaban J connectivity index is 0.00000208. The van der Waals surface area contributed by atoms with Crippen LogP contribution in [0.15, 0.2) is 18.2 Å². The third-order valence-corrected chi connectivity index (χ3v) is 4.48. The van der Waals surface area contributed by atoms with Gasteiger partial charge in [0.05, 0.1) is 22.4 Å². The second-order valence-electron chi connectivity index (χ2n) is 5.89. The van der Waals surface area contributed by atoms with E-state index in [1.165, 1.54) is 0 Å². The summed E-state index contributed by atoms with van der Waals surface area (Å²) in [5.41, 5.74) is 2.76. The fourth-order valence-corrected chi connectivity index (χ4v) is 3.13. The molecule has 24 heavy (non-hydrogen) atoms. The highest BCUT2D eigenvalue weighted by Gasteiger charge is 2.23. The molecular formula is C16H21Cl2N5O. The van der Waals surface area contributed by atoms with Crippen LogP contribution in [0.1, 0.15) is 40.6 Å². The quantitative estimate of drug-likeness (QED) is 0.871. The smallest absolute Gasteiger partial charge is 0.278 e.